The summed E-state index contributed by atoms with van der Waals surface area (Å²) in [6.07, 6.45) is 1.68. The molecule has 0 fully saturated rings. The lowest BCUT2D eigenvalue weighted by molar-refractivity contribution is 0.0461. The van der Waals surface area contributed by atoms with Gasteiger partial charge in [0.1, 0.15) is 12.3 Å². The van der Waals surface area contributed by atoms with Crippen molar-refractivity contribution in [1.82, 2.24) is 4.57 Å². The molecule has 4 nitrogen and oxygen atoms in total. The fourth-order valence-electron chi connectivity index (χ4n) is 1.64. The predicted molar refractivity (Wildman–Crippen MR) is 73.1 cm³/mol. The molecule has 1 aromatic heterocycles. The van der Waals surface area contributed by atoms with Crippen molar-refractivity contribution < 1.29 is 9.53 Å². The Balaban J connectivity index is 2.03. The highest BCUT2D eigenvalue weighted by atomic mass is 79.9. The number of benzene rings is 1. The van der Waals surface area contributed by atoms with Gasteiger partial charge in [-0.15, -0.1) is 0 Å². The number of rotatable bonds is 3. The SMILES string of the molecule is Cn1cc(N)cc1C(=O)OCc1cccc(Br)c1. The van der Waals surface area contributed by atoms with E-state index in [2.05, 4.69) is 15.9 Å². The molecule has 0 spiro atoms. The third kappa shape index (κ3) is 2.92. The van der Waals surface area contributed by atoms with E-state index >= 15 is 0 Å². The van der Waals surface area contributed by atoms with Crippen molar-refractivity contribution in [2.45, 2.75) is 6.61 Å². The van der Waals surface area contributed by atoms with Gasteiger partial charge in [-0.1, -0.05) is 28.1 Å². The van der Waals surface area contributed by atoms with Crippen LogP contribution < -0.4 is 5.73 Å². The van der Waals surface area contributed by atoms with Crippen molar-refractivity contribution in [3.05, 3.63) is 52.3 Å². The van der Waals surface area contributed by atoms with Crippen LogP contribution >= 0.6 is 15.9 Å². The summed E-state index contributed by atoms with van der Waals surface area (Å²) < 4.78 is 7.84. The minimum Gasteiger partial charge on any atom is -0.456 e. The number of hydrogen-bond acceptors (Lipinski definition) is 3. The summed E-state index contributed by atoms with van der Waals surface area (Å²) in [4.78, 5) is 11.8. The zero-order chi connectivity index (χ0) is 13.1. The Morgan fingerprint density at radius 1 is 1.44 bits per heavy atom. The highest BCUT2D eigenvalue weighted by Crippen LogP contribution is 2.14. The van der Waals surface area contributed by atoms with Gasteiger partial charge in [-0.3, -0.25) is 0 Å². The summed E-state index contributed by atoms with van der Waals surface area (Å²) in [5.41, 5.74) is 7.53. The third-order valence-electron chi connectivity index (χ3n) is 2.49. The Morgan fingerprint density at radius 2 is 2.22 bits per heavy atom. The van der Waals surface area contributed by atoms with E-state index in [1.165, 1.54) is 0 Å². The maximum atomic E-state index is 11.8. The van der Waals surface area contributed by atoms with Gasteiger partial charge >= 0.3 is 5.97 Å². The minimum absolute atomic E-state index is 0.239. The number of esters is 1. The fourth-order valence-corrected chi connectivity index (χ4v) is 2.09. The van der Waals surface area contributed by atoms with Gasteiger partial charge in [0.25, 0.3) is 0 Å². The molecule has 94 valence electrons. The molecule has 0 bridgehead atoms. The van der Waals surface area contributed by atoms with Crippen LogP contribution in [0.25, 0.3) is 0 Å². The molecule has 0 radical (unpaired) electrons. The molecular formula is C13H13BrN2O2. The number of aromatic nitrogens is 1. The average Bonchev–Trinajstić information content (AvgIpc) is 2.66. The molecule has 18 heavy (non-hydrogen) atoms. The number of halogens is 1. The van der Waals surface area contributed by atoms with Crippen LogP contribution in [0.2, 0.25) is 0 Å². The van der Waals surface area contributed by atoms with Gasteiger partial charge in [0.2, 0.25) is 0 Å². The fraction of sp³-hybridized carbons (Fsp3) is 0.154. The highest BCUT2D eigenvalue weighted by Gasteiger charge is 2.12. The Labute approximate surface area is 113 Å². The van der Waals surface area contributed by atoms with E-state index in [-0.39, 0.29) is 12.6 Å². The van der Waals surface area contributed by atoms with Crippen molar-refractivity contribution in [3.63, 3.8) is 0 Å². The lowest BCUT2D eigenvalue weighted by atomic mass is 10.2. The maximum Gasteiger partial charge on any atom is 0.355 e. The molecule has 0 saturated carbocycles. The normalized spacial score (nSPS) is 10.3. The van der Waals surface area contributed by atoms with Crippen LogP contribution in [-0.4, -0.2) is 10.5 Å². The molecule has 5 heteroatoms. The van der Waals surface area contributed by atoms with E-state index in [0.717, 1.165) is 10.0 Å². The first-order valence-corrected chi connectivity index (χ1v) is 6.19. The van der Waals surface area contributed by atoms with Crippen molar-refractivity contribution >= 4 is 27.6 Å². The largest absolute Gasteiger partial charge is 0.456 e. The first-order chi connectivity index (χ1) is 8.56. The topological polar surface area (TPSA) is 57.2 Å². The van der Waals surface area contributed by atoms with Crippen molar-refractivity contribution in [2.24, 2.45) is 7.05 Å². The zero-order valence-corrected chi connectivity index (χ0v) is 11.5. The Bertz CT molecular complexity index is 578. The second-order valence-corrected chi connectivity index (χ2v) is 4.89. The standard InChI is InChI=1S/C13H13BrN2O2/c1-16-7-11(15)6-12(16)13(17)18-8-9-3-2-4-10(14)5-9/h2-7H,8,15H2,1H3. The summed E-state index contributed by atoms with van der Waals surface area (Å²) in [6.45, 7) is 0.239. The number of carbonyl (C=O) groups is 1. The summed E-state index contributed by atoms with van der Waals surface area (Å²) in [7, 11) is 1.76. The molecular weight excluding hydrogens is 296 g/mol. The smallest absolute Gasteiger partial charge is 0.355 e. The molecule has 0 atom stereocenters. The summed E-state index contributed by atoms with van der Waals surface area (Å²) in [6, 6.07) is 9.23. The van der Waals surface area contributed by atoms with Gasteiger partial charge in [0, 0.05) is 17.7 Å². The summed E-state index contributed by atoms with van der Waals surface area (Å²) in [5, 5.41) is 0. The number of nitrogens with two attached hydrogens (primary N) is 1. The van der Waals surface area contributed by atoms with Crippen molar-refractivity contribution in [2.75, 3.05) is 5.73 Å². The first kappa shape index (κ1) is 12.7. The molecule has 0 aliphatic heterocycles. The van der Waals surface area contributed by atoms with Crippen LogP contribution in [0, 0.1) is 0 Å². The van der Waals surface area contributed by atoms with Crippen LogP contribution in [0.3, 0.4) is 0 Å². The maximum absolute atomic E-state index is 11.8. The number of nitrogen functional groups attached to an aromatic ring is 1. The summed E-state index contributed by atoms with van der Waals surface area (Å²) >= 11 is 3.37. The zero-order valence-electron chi connectivity index (χ0n) is 9.89. The summed E-state index contributed by atoms with van der Waals surface area (Å²) in [5.74, 6) is -0.380. The van der Waals surface area contributed by atoms with Gasteiger partial charge < -0.3 is 15.0 Å². The number of nitrogens with zero attached hydrogens (tertiary/aromatic N) is 1. The van der Waals surface area contributed by atoms with Gasteiger partial charge in [-0.25, -0.2) is 4.79 Å². The molecule has 1 heterocycles. The van der Waals surface area contributed by atoms with E-state index in [1.54, 1.807) is 23.9 Å². The highest BCUT2D eigenvalue weighted by molar-refractivity contribution is 9.10. The van der Waals surface area contributed by atoms with E-state index in [4.69, 9.17) is 10.5 Å². The van der Waals surface area contributed by atoms with Gasteiger partial charge in [-0.2, -0.15) is 0 Å². The number of ether oxygens (including phenoxy) is 1. The van der Waals surface area contributed by atoms with Crippen LogP contribution in [-0.2, 0) is 18.4 Å². The molecule has 0 saturated heterocycles. The van der Waals surface area contributed by atoms with E-state index in [0.29, 0.717) is 11.4 Å². The molecule has 2 rings (SSSR count). The molecule has 0 amide bonds. The van der Waals surface area contributed by atoms with Crippen LogP contribution in [0.15, 0.2) is 41.0 Å². The van der Waals surface area contributed by atoms with Crippen LogP contribution in [0.4, 0.5) is 5.69 Å². The van der Waals surface area contributed by atoms with E-state index in [1.807, 2.05) is 24.3 Å². The minimum atomic E-state index is -0.380. The number of hydrogen-bond donors (Lipinski definition) is 1. The monoisotopic (exact) mass is 308 g/mol. The molecule has 2 aromatic rings. The Morgan fingerprint density at radius 3 is 2.83 bits per heavy atom. The Kier molecular flexibility index (Phi) is 3.72. The third-order valence-corrected chi connectivity index (χ3v) is 2.99. The molecule has 1 aromatic carbocycles. The van der Waals surface area contributed by atoms with Crippen molar-refractivity contribution in [3.8, 4) is 0 Å². The number of carbonyl (C=O) groups excluding carboxylic acids is 1. The van der Waals surface area contributed by atoms with Gasteiger partial charge in [0.15, 0.2) is 0 Å². The van der Waals surface area contributed by atoms with Crippen LogP contribution in [0.5, 0.6) is 0 Å². The average molecular weight is 309 g/mol. The quantitative estimate of drug-likeness (QED) is 0.887. The van der Waals surface area contributed by atoms with E-state index in [9.17, 15) is 4.79 Å². The lowest BCUT2D eigenvalue weighted by Crippen LogP contribution is -2.09. The van der Waals surface area contributed by atoms with Gasteiger partial charge in [0.05, 0.1) is 5.69 Å². The predicted octanol–water partition coefficient (Wildman–Crippen LogP) is 2.73. The second-order valence-electron chi connectivity index (χ2n) is 3.98. The molecule has 0 aliphatic rings. The number of aryl methyl sites for hydroxylation is 1. The lowest BCUT2D eigenvalue weighted by Gasteiger charge is -2.05. The number of anilines is 1. The molecule has 2 N–H and O–H groups in total. The second kappa shape index (κ2) is 5.27. The molecule has 0 unspecified atom stereocenters. The van der Waals surface area contributed by atoms with Gasteiger partial charge in [-0.05, 0) is 23.8 Å². The van der Waals surface area contributed by atoms with Crippen LogP contribution in [0.1, 0.15) is 16.1 Å². The molecule has 0 aliphatic carbocycles. The first-order valence-electron chi connectivity index (χ1n) is 5.39. The van der Waals surface area contributed by atoms with Crippen molar-refractivity contribution in [1.29, 1.82) is 0 Å². The van der Waals surface area contributed by atoms with E-state index < -0.39 is 0 Å². The Hall–Kier alpha value is -1.75.